The summed E-state index contributed by atoms with van der Waals surface area (Å²) >= 11 is 2.86. The van der Waals surface area contributed by atoms with E-state index < -0.39 is 0 Å². The van der Waals surface area contributed by atoms with Crippen LogP contribution in [-0.2, 0) is 12.8 Å². The highest BCUT2D eigenvalue weighted by Crippen LogP contribution is 2.13. The molecule has 4 heterocycles. The Morgan fingerprint density at radius 3 is 1.52 bits per heavy atom. The van der Waals surface area contributed by atoms with Crippen LogP contribution < -0.4 is 20.2 Å². The third-order valence-electron chi connectivity index (χ3n) is 6.03. The molecule has 0 aliphatic carbocycles. The van der Waals surface area contributed by atoms with Crippen molar-refractivity contribution in [2.24, 2.45) is 10.2 Å². The Labute approximate surface area is 236 Å². The summed E-state index contributed by atoms with van der Waals surface area (Å²) in [6.45, 7) is 7.94. The zero-order valence-electron chi connectivity index (χ0n) is 22.3. The lowest BCUT2D eigenvalue weighted by molar-refractivity contribution is 0.723. The minimum atomic E-state index is 0.575. The molecule has 0 atom stereocenters. The lowest BCUT2D eigenvalue weighted by Gasteiger charge is -2.03. The zero-order valence-corrected chi connectivity index (χ0v) is 24.0. The number of anilines is 2. The van der Waals surface area contributed by atoms with Gasteiger partial charge >= 0.3 is 0 Å². The maximum absolute atomic E-state index is 4.70. The minimum Gasteiger partial charge on any atom is -0.277 e. The van der Waals surface area contributed by atoms with Crippen molar-refractivity contribution in [1.29, 1.82) is 0 Å². The lowest BCUT2D eigenvalue weighted by Crippen LogP contribution is -2.14. The summed E-state index contributed by atoms with van der Waals surface area (Å²) in [6.07, 6.45) is 1.15. The Morgan fingerprint density at radius 1 is 0.650 bits per heavy atom. The van der Waals surface area contributed by atoms with Crippen molar-refractivity contribution in [2.75, 3.05) is 10.9 Å². The van der Waals surface area contributed by atoms with E-state index in [1.165, 1.54) is 22.7 Å². The molecule has 0 unspecified atom stereocenters. The van der Waals surface area contributed by atoms with Gasteiger partial charge in [0.2, 0.25) is 9.92 Å². The van der Waals surface area contributed by atoms with Crippen LogP contribution in [0.25, 0.3) is 9.92 Å². The highest BCUT2D eigenvalue weighted by Gasteiger charge is 2.14. The fourth-order valence-electron chi connectivity index (χ4n) is 4.03. The van der Waals surface area contributed by atoms with Crippen LogP contribution in [0, 0.1) is 27.7 Å². The van der Waals surface area contributed by atoms with Crippen LogP contribution in [-0.4, -0.2) is 39.6 Å². The maximum atomic E-state index is 4.70. The monoisotopic (exact) mass is 570 g/mol. The Bertz CT molecular complexity index is 1840. The molecule has 0 aliphatic rings. The molecule has 2 N–H and O–H groups in total. The topological polar surface area (TPSA) is 135 Å². The second kappa shape index (κ2) is 10.9. The lowest BCUT2D eigenvalue weighted by atomic mass is 10.2. The average molecular weight is 571 g/mol. The molecule has 0 fully saturated rings. The summed E-state index contributed by atoms with van der Waals surface area (Å²) < 4.78 is 5.03. The Hall–Kier alpha value is -4.56. The number of nitrogens with one attached hydrogen (secondary N) is 2. The summed E-state index contributed by atoms with van der Waals surface area (Å²) in [5.41, 5.74) is 11.9. The van der Waals surface area contributed by atoms with Crippen LogP contribution in [0.3, 0.4) is 0 Å². The van der Waals surface area contributed by atoms with E-state index in [0.29, 0.717) is 22.8 Å². The smallest absolute Gasteiger partial charge is 0.234 e. The van der Waals surface area contributed by atoms with Crippen LogP contribution in [0.4, 0.5) is 11.4 Å². The first-order chi connectivity index (χ1) is 19.4. The summed E-state index contributed by atoms with van der Waals surface area (Å²) in [4.78, 5) is 1.33. The first-order valence-corrected chi connectivity index (χ1v) is 14.2. The number of nitrogens with zero attached hydrogens (tertiary/aromatic N) is 10. The van der Waals surface area contributed by atoms with Crippen LogP contribution in [0.5, 0.6) is 0 Å². The van der Waals surface area contributed by atoms with Gasteiger partial charge in [0.25, 0.3) is 0 Å². The molecule has 0 radical (unpaired) electrons. The van der Waals surface area contributed by atoms with Gasteiger partial charge in [-0.1, -0.05) is 46.9 Å². The molecule has 0 saturated carbocycles. The van der Waals surface area contributed by atoms with Crippen molar-refractivity contribution in [2.45, 2.75) is 40.5 Å². The van der Waals surface area contributed by atoms with Crippen LogP contribution in [0.15, 0.2) is 58.7 Å². The highest BCUT2D eigenvalue weighted by atomic mass is 32.1. The minimum absolute atomic E-state index is 0.575. The summed E-state index contributed by atoms with van der Waals surface area (Å²) in [5.74, 6) is 1.47. The molecule has 0 bridgehead atoms. The molecule has 2 aromatic carbocycles. The molecule has 40 heavy (non-hydrogen) atoms. The van der Waals surface area contributed by atoms with Gasteiger partial charge in [-0.05, 0) is 63.1 Å². The Balaban J connectivity index is 1.20. The van der Waals surface area contributed by atoms with Gasteiger partial charge in [-0.25, -0.2) is 0 Å². The van der Waals surface area contributed by atoms with E-state index in [-0.39, 0.29) is 0 Å². The molecule has 12 nitrogen and oxygen atoms in total. The van der Waals surface area contributed by atoms with Gasteiger partial charge in [-0.3, -0.25) is 10.9 Å². The quantitative estimate of drug-likeness (QED) is 0.278. The maximum Gasteiger partial charge on any atom is 0.234 e. The second-order valence-corrected chi connectivity index (χ2v) is 11.2. The van der Waals surface area contributed by atoms with Gasteiger partial charge < -0.3 is 0 Å². The number of fused-ring (bicyclic) bond motifs is 2. The van der Waals surface area contributed by atoms with Gasteiger partial charge in [-0.15, -0.1) is 20.4 Å². The fourth-order valence-corrected chi connectivity index (χ4v) is 5.56. The molecule has 0 amide bonds. The summed E-state index contributed by atoms with van der Waals surface area (Å²) in [6, 6.07) is 16.1. The number of aromatic nitrogens is 8. The molecule has 0 spiro atoms. The van der Waals surface area contributed by atoms with Crippen molar-refractivity contribution in [3.05, 3.63) is 92.0 Å². The Morgan fingerprint density at radius 2 is 1.10 bits per heavy atom. The third kappa shape index (κ3) is 5.44. The standard InChI is InChI=1S/C26H26N12S2/c1-15-7-5-9-19(13-15)27-31-23-17(3)35-37-21(29-33-25(37)39-23)11-12-22-30-34-26-38(22)36-18(4)24(40-26)32-28-20-10-6-8-16(2)14-20/h5-10,13-14,27-28H,11-12H2,1-4H3/b31-23-,32-24+. The van der Waals surface area contributed by atoms with E-state index in [1.54, 1.807) is 9.03 Å². The number of benzene rings is 2. The van der Waals surface area contributed by atoms with Gasteiger partial charge in [0.1, 0.15) is 0 Å². The van der Waals surface area contributed by atoms with Gasteiger partial charge in [0.15, 0.2) is 21.0 Å². The number of hydrogen-bond donors (Lipinski definition) is 2. The molecule has 6 rings (SSSR count). The predicted octanol–water partition coefficient (Wildman–Crippen LogP) is 3.56. The predicted molar refractivity (Wildman–Crippen MR) is 155 cm³/mol. The van der Waals surface area contributed by atoms with E-state index in [1.807, 2.05) is 76.2 Å². The van der Waals surface area contributed by atoms with Crippen molar-refractivity contribution in [1.82, 2.24) is 39.6 Å². The third-order valence-corrected chi connectivity index (χ3v) is 8.06. The number of rotatable bonds is 7. The highest BCUT2D eigenvalue weighted by molar-refractivity contribution is 7.14. The van der Waals surface area contributed by atoms with Gasteiger partial charge in [0.05, 0.1) is 22.8 Å². The van der Waals surface area contributed by atoms with Crippen molar-refractivity contribution in [3.8, 4) is 0 Å². The van der Waals surface area contributed by atoms with E-state index in [0.717, 1.165) is 54.9 Å². The fraction of sp³-hybridized carbons (Fsp3) is 0.231. The molecule has 4 aromatic heterocycles. The van der Waals surface area contributed by atoms with E-state index >= 15 is 0 Å². The summed E-state index contributed by atoms with van der Waals surface area (Å²) in [7, 11) is 0. The molecular weight excluding hydrogens is 545 g/mol. The summed E-state index contributed by atoms with van der Waals surface area (Å²) in [5, 5.41) is 35.9. The molecular formula is C26H26N12S2. The van der Waals surface area contributed by atoms with Crippen molar-refractivity contribution in [3.63, 3.8) is 0 Å². The van der Waals surface area contributed by atoms with E-state index in [9.17, 15) is 0 Å². The van der Waals surface area contributed by atoms with Gasteiger partial charge in [-0.2, -0.15) is 29.4 Å². The molecule has 0 aliphatic heterocycles. The average Bonchev–Trinajstić information content (AvgIpc) is 3.52. The van der Waals surface area contributed by atoms with E-state index in [4.69, 9.17) is 10.2 Å². The first-order valence-electron chi connectivity index (χ1n) is 12.6. The second-order valence-electron chi connectivity index (χ2n) is 9.29. The van der Waals surface area contributed by atoms with Crippen molar-refractivity contribution < 1.29 is 0 Å². The van der Waals surface area contributed by atoms with Crippen molar-refractivity contribution >= 4 is 44.0 Å². The zero-order chi connectivity index (χ0) is 27.6. The van der Waals surface area contributed by atoms with Crippen LogP contribution in [0.2, 0.25) is 0 Å². The van der Waals surface area contributed by atoms with Gasteiger partial charge in [0, 0.05) is 12.8 Å². The van der Waals surface area contributed by atoms with Crippen LogP contribution in [0.1, 0.15) is 34.2 Å². The molecule has 6 aromatic rings. The number of aryl methyl sites for hydroxylation is 6. The molecule has 202 valence electrons. The SMILES string of the molecule is Cc1cccc(N/N=c2\sc3nnc(CCc4nnc5s/c(=N/Nc6cccc(C)c6)c(C)nn45)n3nc2C)c1. The van der Waals surface area contributed by atoms with E-state index in [2.05, 4.69) is 41.4 Å². The Kier molecular flexibility index (Phi) is 7.00. The number of hydrogen-bond acceptors (Lipinski definition) is 12. The molecule has 0 saturated heterocycles. The largest absolute Gasteiger partial charge is 0.277 e. The normalized spacial score (nSPS) is 12.5. The first kappa shape index (κ1) is 25.7. The van der Waals surface area contributed by atoms with Crippen LogP contribution >= 0.6 is 22.7 Å². The molecule has 14 heteroatoms.